The Morgan fingerprint density at radius 1 is 1.00 bits per heavy atom. The first-order valence-corrected chi connectivity index (χ1v) is 15.6. The Morgan fingerprint density at radius 2 is 1.72 bits per heavy atom. The molecule has 1 aliphatic carbocycles. The molecule has 13 heteroatoms. The molecule has 2 amide bonds. The topological polar surface area (TPSA) is 122 Å². The van der Waals surface area contributed by atoms with Gasteiger partial charge in [-0.05, 0) is 86.1 Å². The van der Waals surface area contributed by atoms with Crippen LogP contribution in [-0.4, -0.2) is 70.6 Å². The zero-order valence-corrected chi connectivity index (χ0v) is 26.9. The van der Waals surface area contributed by atoms with Crippen LogP contribution in [-0.2, 0) is 19.0 Å². The van der Waals surface area contributed by atoms with Crippen molar-refractivity contribution in [1.29, 1.82) is 0 Å². The molecule has 0 spiro atoms. The van der Waals surface area contributed by atoms with Crippen molar-refractivity contribution < 1.29 is 37.3 Å². The molecule has 47 heavy (non-hydrogen) atoms. The Balaban J connectivity index is 1.36. The second kappa shape index (κ2) is 12.7. The van der Waals surface area contributed by atoms with Crippen molar-refractivity contribution in [2.75, 3.05) is 70.1 Å². The fourth-order valence-electron chi connectivity index (χ4n) is 7.27. The van der Waals surface area contributed by atoms with E-state index in [0.29, 0.717) is 65.8 Å². The van der Waals surface area contributed by atoms with Gasteiger partial charge in [0.15, 0.2) is 23.0 Å². The highest BCUT2D eigenvalue weighted by molar-refractivity contribution is 6.03. The first kappa shape index (κ1) is 32.6. The highest BCUT2D eigenvalue weighted by Gasteiger charge is 2.40. The maximum atomic E-state index is 14.3. The number of aromatic hydroxyl groups is 1. The molecule has 3 aromatic carbocycles. The average molecular weight is 656 g/mol. The second-order valence-corrected chi connectivity index (χ2v) is 12.3. The number of piperidine rings is 1. The predicted molar refractivity (Wildman–Crippen MR) is 174 cm³/mol. The molecule has 0 radical (unpaired) electrons. The minimum Gasteiger partial charge on any atom is -0.504 e. The number of phenolic OH excluding ortho intramolecular Hbond substituents is 1. The number of benzene rings is 3. The molecule has 6 rings (SSSR count). The van der Waals surface area contributed by atoms with E-state index < -0.39 is 17.8 Å². The van der Waals surface area contributed by atoms with E-state index in [4.69, 9.17) is 19.9 Å². The van der Waals surface area contributed by atoms with Gasteiger partial charge in [0.05, 0.1) is 32.6 Å². The number of anilines is 3. The number of amides is 2. The Labute approximate surface area is 271 Å². The Morgan fingerprint density at radius 3 is 2.36 bits per heavy atom. The van der Waals surface area contributed by atoms with Gasteiger partial charge in [-0.2, -0.15) is 13.2 Å². The molecule has 3 aromatic rings. The van der Waals surface area contributed by atoms with E-state index in [0.717, 1.165) is 43.0 Å². The van der Waals surface area contributed by atoms with Crippen LogP contribution in [0.15, 0.2) is 30.3 Å². The number of halogens is 3. The summed E-state index contributed by atoms with van der Waals surface area (Å²) in [6.45, 7) is 2.25. The normalized spacial score (nSPS) is 17.9. The van der Waals surface area contributed by atoms with Gasteiger partial charge in [0.1, 0.15) is 0 Å². The number of rotatable bonds is 7. The fourth-order valence-corrected chi connectivity index (χ4v) is 7.27. The fraction of sp³-hybridized carbons (Fsp3) is 0.441. The molecule has 2 aliphatic heterocycles. The minimum atomic E-state index is -4.63. The van der Waals surface area contributed by atoms with Crippen molar-refractivity contribution in [2.45, 2.75) is 37.9 Å². The van der Waals surface area contributed by atoms with Crippen LogP contribution in [0, 0.1) is 5.92 Å². The summed E-state index contributed by atoms with van der Waals surface area (Å²) in [6, 6.07) is 6.49. The summed E-state index contributed by atoms with van der Waals surface area (Å²) in [5.74, 6) is 1.25. The molecule has 0 saturated carbocycles. The van der Waals surface area contributed by atoms with Crippen LogP contribution >= 0.6 is 0 Å². The van der Waals surface area contributed by atoms with E-state index in [9.17, 15) is 23.1 Å². The monoisotopic (exact) mass is 655 g/mol. The molecule has 1 atom stereocenters. The van der Waals surface area contributed by atoms with Gasteiger partial charge in [0, 0.05) is 54.2 Å². The summed E-state index contributed by atoms with van der Waals surface area (Å²) in [7, 11) is 6.51. The lowest BCUT2D eigenvalue weighted by Crippen LogP contribution is -2.37. The van der Waals surface area contributed by atoms with Crippen LogP contribution in [0.3, 0.4) is 0 Å². The molecular weight excluding hydrogens is 615 g/mol. The van der Waals surface area contributed by atoms with Crippen molar-refractivity contribution in [1.82, 2.24) is 4.90 Å². The summed E-state index contributed by atoms with van der Waals surface area (Å²) in [5.41, 5.74) is 9.18. The van der Waals surface area contributed by atoms with E-state index in [1.165, 1.54) is 32.4 Å². The number of hydrogen-bond donors (Lipinski definition) is 4. The minimum absolute atomic E-state index is 0.0107. The number of nitrogens with one attached hydrogen (secondary N) is 2. The van der Waals surface area contributed by atoms with Crippen molar-refractivity contribution in [3.8, 4) is 34.1 Å². The molecule has 1 saturated heterocycles. The number of phenols is 1. The van der Waals surface area contributed by atoms with Crippen molar-refractivity contribution >= 4 is 23.1 Å². The van der Waals surface area contributed by atoms with Crippen molar-refractivity contribution in [3.63, 3.8) is 0 Å². The van der Waals surface area contributed by atoms with E-state index in [-0.39, 0.29) is 28.9 Å². The number of likely N-dealkylation sites (N-methyl/N-ethyl adjacent to an activating group) is 1. The van der Waals surface area contributed by atoms with E-state index in [1.54, 1.807) is 12.0 Å². The lowest BCUT2D eigenvalue weighted by Gasteiger charge is -2.41. The van der Waals surface area contributed by atoms with Gasteiger partial charge < -0.3 is 40.6 Å². The number of methoxy groups -OCH3 is 3. The maximum Gasteiger partial charge on any atom is 0.418 e. The zero-order valence-electron chi connectivity index (χ0n) is 26.9. The number of fused-ring (bicyclic) bond motifs is 2. The van der Waals surface area contributed by atoms with Crippen LogP contribution in [0.4, 0.5) is 35.0 Å². The number of alkyl halides is 3. The number of carbonyl (C=O) groups excluding carboxylic acids is 1. The van der Waals surface area contributed by atoms with Crippen molar-refractivity contribution in [2.24, 2.45) is 11.7 Å². The van der Waals surface area contributed by atoms with Gasteiger partial charge >= 0.3 is 12.2 Å². The van der Waals surface area contributed by atoms with Gasteiger partial charge in [-0.25, -0.2) is 4.79 Å². The molecule has 10 nitrogen and oxygen atoms in total. The van der Waals surface area contributed by atoms with Crippen molar-refractivity contribution in [3.05, 3.63) is 52.6 Å². The largest absolute Gasteiger partial charge is 0.504 e. The third-order valence-corrected chi connectivity index (χ3v) is 9.73. The van der Waals surface area contributed by atoms with Gasteiger partial charge in [-0.15, -0.1) is 0 Å². The molecular formula is C34H40F3N5O5. The van der Waals surface area contributed by atoms with Crippen LogP contribution in [0.2, 0.25) is 0 Å². The number of ether oxygens (including phenoxy) is 3. The number of nitrogens with zero attached hydrogens (tertiary/aromatic N) is 2. The van der Waals surface area contributed by atoms with E-state index >= 15 is 0 Å². The molecule has 252 valence electrons. The quantitative estimate of drug-likeness (QED) is 0.229. The number of hydrogen-bond acceptors (Lipinski definition) is 8. The first-order valence-electron chi connectivity index (χ1n) is 15.6. The zero-order chi connectivity index (χ0) is 33.6. The number of carbonyl (C=O) groups is 1. The van der Waals surface area contributed by atoms with Crippen LogP contribution in [0.5, 0.6) is 23.0 Å². The second-order valence-electron chi connectivity index (χ2n) is 12.3. The van der Waals surface area contributed by atoms with E-state index in [1.807, 2.05) is 13.1 Å². The predicted octanol–water partition coefficient (Wildman–Crippen LogP) is 6.01. The number of urea groups is 1. The first-order chi connectivity index (χ1) is 22.5. The highest BCUT2D eigenvalue weighted by atomic mass is 19.4. The Hall–Kier alpha value is -4.36. The maximum absolute atomic E-state index is 14.3. The summed E-state index contributed by atoms with van der Waals surface area (Å²) < 4.78 is 59.8. The number of nitrogens with two attached hydrogens (primary N) is 1. The van der Waals surface area contributed by atoms with Crippen LogP contribution in [0.1, 0.15) is 41.1 Å². The van der Waals surface area contributed by atoms with Gasteiger partial charge in [0.2, 0.25) is 0 Å². The molecule has 3 aliphatic rings. The summed E-state index contributed by atoms with van der Waals surface area (Å²) in [6.07, 6.45) is -1.97. The Kier molecular flexibility index (Phi) is 8.79. The lowest BCUT2D eigenvalue weighted by molar-refractivity contribution is -0.137. The molecule has 5 N–H and O–H groups in total. The van der Waals surface area contributed by atoms with Crippen LogP contribution in [0.25, 0.3) is 11.1 Å². The summed E-state index contributed by atoms with van der Waals surface area (Å²) >= 11 is 0. The van der Waals surface area contributed by atoms with Crippen LogP contribution < -0.4 is 35.5 Å². The van der Waals surface area contributed by atoms with Gasteiger partial charge in [-0.1, -0.05) is 0 Å². The molecule has 0 aromatic heterocycles. The molecule has 0 bridgehead atoms. The van der Waals surface area contributed by atoms with Gasteiger partial charge in [-0.3, -0.25) is 4.90 Å². The standard InChI is InChI=1S/C34H40F3N5O5/c1-41-10-9-19-13-27(46-3)32(47-4)30-28(19)25(41)15-21-23(16-26(45-2)31(43)29(21)30)40-33(44)39-20-5-6-24(22(14-20)34(35,36)37)42-11-7-18(17-38)8-12-42/h5-6,13-14,16,18,25,43H,7-12,15,17,38H2,1-4H3,(H2,39,40,44). The average Bonchev–Trinajstić information content (AvgIpc) is 3.06. The van der Waals surface area contributed by atoms with E-state index in [2.05, 4.69) is 15.5 Å². The molecule has 1 fully saturated rings. The Bertz CT molecular complexity index is 1690. The molecule has 1 unspecified atom stereocenters. The SMILES string of the molecule is COc1cc(NC(=O)Nc2ccc(N3CCC(CN)CC3)c(C(F)(F)F)c2)c2c(c1O)-c1c(OC)c(OC)cc3c1C(C2)N(C)CC3. The third kappa shape index (κ3) is 5.86. The summed E-state index contributed by atoms with van der Waals surface area (Å²) in [4.78, 5) is 17.4. The highest BCUT2D eigenvalue weighted by Crippen LogP contribution is 2.57. The summed E-state index contributed by atoms with van der Waals surface area (Å²) in [5, 5.41) is 16.9. The third-order valence-electron chi connectivity index (χ3n) is 9.73. The van der Waals surface area contributed by atoms with Gasteiger partial charge in [0.25, 0.3) is 0 Å². The lowest BCUT2D eigenvalue weighted by atomic mass is 9.75. The smallest absolute Gasteiger partial charge is 0.418 e. The molecule has 2 heterocycles.